The third kappa shape index (κ3) is 4.91. The molecule has 0 aliphatic rings. The van der Waals surface area contributed by atoms with Crippen LogP contribution in [-0.2, 0) is 12.8 Å². The van der Waals surface area contributed by atoms with Crippen LogP contribution in [-0.4, -0.2) is 9.97 Å². The van der Waals surface area contributed by atoms with Crippen LogP contribution in [0.1, 0.15) is 46.0 Å². The highest BCUT2D eigenvalue weighted by atomic mass is 14.8. The van der Waals surface area contributed by atoms with Gasteiger partial charge < -0.3 is 0 Å². The summed E-state index contributed by atoms with van der Waals surface area (Å²) in [6.45, 7) is 11.1. The van der Waals surface area contributed by atoms with E-state index in [2.05, 4.69) is 44.6 Å². The van der Waals surface area contributed by atoms with Gasteiger partial charge in [0.1, 0.15) is 0 Å². The SMILES string of the molecule is CC(C)Cc1cnc(CC(C)(C)C)cn1. The minimum absolute atomic E-state index is 0.286. The normalized spacial score (nSPS) is 12.1. The van der Waals surface area contributed by atoms with Gasteiger partial charge in [-0.3, -0.25) is 9.97 Å². The lowest BCUT2D eigenvalue weighted by molar-refractivity contribution is 0.405. The third-order valence-corrected chi connectivity index (χ3v) is 2.09. The van der Waals surface area contributed by atoms with Gasteiger partial charge in [0.2, 0.25) is 0 Å². The fraction of sp³-hybridized carbons (Fsp3) is 0.692. The Morgan fingerprint density at radius 1 is 1.07 bits per heavy atom. The zero-order valence-corrected chi connectivity index (χ0v) is 10.5. The average molecular weight is 206 g/mol. The van der Waals surface area contributed by atoms with Gasteiger partial charge in [-0.25, -0.2) is 0 Å². The lowest BCUT2D eigenvalue weighted by atomic mass is 9.91. The van der Waals surface area contributed by atoms with Crippen molar-refractivity contribution in [1.82, 2.24) is 9.97 Å². The standard InChI is InChI=1S/C13H22N2/c1-10(2)6-11-8-15-12(9-14-11)7-13(3,4)5/h8-10H,6-7H2,1-5H3. The quantitative estimate of drug-likeness (QED) is 0.758. The molecule has 84 valence electrons. The van der Waals surface area contributed by atoms with Gasteiger partial charge in [0, 0.05) is 12.4 Å². The Balaban J connectivity index is 2.64. The van der Waals surface area contributed by atoms with Crippen LogP contribution in [0.4, 0.5) is 0 Å². The fourth-order valence-electron chi connectivity index (χ4n) is 1.54. The van der Waals surface area contributed by atoms with Crippen molar-refractivity contribution < 1.29 is 0 Å². The maximum Gasteiger partial charge on any atom is 0.0592 e. The highest BCUT2D eigenvalue weighted by Gasteiger charge is 2.12. The van der Waals surface area contributed by atoms with E-state index in [1.54, 1.807) is 0 Å². The Bertz CT molecular complexity index is 293. The molecule has 1 rings (SSSR count). The van der Waals surface area contributed by atoms with E-state index in [-0.39, 0.29) is 5.41 Å². The fourth-order valence-corrected chi connectivity index (χ4v) is 1.54. The van der Waals surface area contributed by atoms with E-state index < -0.39 is 0 Å². The average Bonchev–Trinajstić information content (AvgIpc) is 2.05. The van der Waals surface area contributed by atoms with Gasteiger partial charge in [-0.15, -0.1) is 0 Å². The minimum atomic E-state index is 0.286. The number of hydrogen-bond acceptors (Lipinski definition) is 2. The molecule has 0 saturated carbocycles. The molecular weight excluding hydrogens is 184 g/mol. The molecule has 0 unspecified atom stereocenters. The molecule has 0 aliphatic heterocycles. The second kappa shape index (κ2) is 4.73. The largest absolute Gasteiger partial charge is 0.258 e. The molecular formula is C13H22N2. The molecule has 15 heavy (non-hydrogen) atoms. The maximum atomic E-state index is 4.45. The summed E-state index contributed by atoms with van der Waals surface area (Å²) in [6, 6.07) is 0. The Kier molecular flexibility index (Phi) is 3.83. The molecule has 0 amide bonds. The van der Waals surface area contributed by atoms with Gasteiger partial charge in [-0.1, -0.05) is 34.6 Å². The Labute approximate surface area is 93.2 Å². The van der Waals surface area contributed by atoms with Crippen LogP contribution in [0.3, 0.4) is 0 Å². The topological polar surface area (TPSA) is 25.8 Å². The van der Waals surface area contributed by atoms with Crippen LogP contribution in [0, 0.1) is 11.3 Å². The first kappa shape index (κ1) is 12.2. The maximum absolute atomic E-state index is 4.45. The van der Waals surface area contributed by atoms with Crippen LogP contribution >= 0.6 is 0 Å². The smallest absolute Gasteiger partial charge is 0.0592 e. The monoisotopic (exact) mass is 206 g/mol. The molecule has 1 aromatic rings. The Morgan fingerprint density at radius 2 is 1.60 bits per heavy atom. The van der Waals surface area contributed by atoms with Crippen molar-refractivity contribution in [2.24, 2.45) is 11.3 Å². The van der Waals surface area contributed by atoms with E-state index in [1.165, 1.54) is 0 Å². The molecule has 0 saturated heterocycles. The van der Waals surface area contributed by atoms with Gasteiger partial charge in [0.15, 0.2) is 0 Å². The van der Waals surface area contributed by atoms with Crippen molar-refractivity contribution >= 4 is 0 Å². The summed E-state index contributed by atoms with van der Waals surface area (Å²) in [4.78, 5) is 8.90. The van der Waals surface area contributed by atoms with Gasteiger partial charge in [0.05, 0.1) is 11.4 Å². The molecule has 1 aromatic heterocycles. The predicted octanol–water partition coefficient (Wildman–Crippen LogP) is 3.26. The Hall–Kier alpha value is -0.920. The van der Waals surface area contributed by atoms with Crippen LogP contribution in [0.25, 0.3) is 0 Å². The zero-order valence-electron chi connectivity index (χ0n) is 10.5. The molecule has 2 heteroatoms. The second-order valence-electron chi connectivity index (χ2n) is 5.83. The molecule has 1 heterocycles. The van der Waals surface area contributed by atoms with Crippen LogP contribution in [0.2, 0.25) is 0 Å². The van der Waals surface area contributed by atoms with E-state index in [0.29, 0.717) is 5.92 Å². The van der Waals surface area contributed by atoms with Crippen molar-refractivity contribution in [2.75, 3.05) is 0 Å². The molecule has 0 aliphatic carbocycles. The van der Waals surface area contributed by atoms with Crippen LogP contribution < -0.4 is 0 Å². The molecule has 0 atom stereocenters. The number of nitrogens with zero attached hydrogens (tertiary/aromatic N) is 2. The summed E-state index contributed by atoms with van der Waals surface area (Å²) in [6.07, 6.45) is 5.84. The van der Waals surface area contributed by atoms with Gasteiger partial charge in [-0.2, -0.15) is 0 Å². The number of aromatic nitrogens is 2. The lowest BCUT2D eigenvalue weighted by Gasteiger charge is -2.17. The summed E-state index contributed by atoms with van der Waals surface area (Å²) in [5, 5.41) is 0. The third-order valence-electron chi connectivity index (χ3n) is 2.09. The summed E-state index contributed by atoms with van der Waals surface area (Å²) < 4.78 is 0. The second-order valence-corrected chi connectivity index (χ2v) is 5.83. The van der Waals surface area contributed by atoms with Gasteiger partial charge in [0.25, 0.3) is 0 Å². The lowest BCUT2D eigenvalue weighted by Crippen LogP contribution is -2.11. The van der Waals surface area contributed by atoms with E-state index in [1.807, 2.05) is 12.4 Å². The van der Waals surface area contributed by atoms with E-state index >= 15 is 0 Å². The Morgan fingerprint density at radius 3 is 2.00 bits per heavy atom. The van der Waals surface area contributed by atoms with E-state index in [9.17, 15) is 0 Å². The molecule has 0 radical (unpaired) electrons. The minimum Gasteiger partial charge on any atom is -0.258 e. The summed E-state index contributed by atoms with van der Waals surface area (Å²) in [7, 11) is 0. The molecule has 0 spiro atoms. The molecule has 0 N–H and O–H groups in total. The predicted molar refractivity (Wildman–Crippen MR) is 63.7 cm³/mol. The first-order valence-electron chi connectivity index (χ1n) is 5.66. The molecule has 0 aromatic carbocycles. The van der Waals surface area contributed by atoms with Crippen molar-refractivity contribution in [2.45, 2.75) is 47.5 Å². The molecule has 2 nitrogen and oxygen atoms in total. The highest BCUT2D eigenvalue weighted by molar-refractivity contribution is 5.04. The van der Waals surface area contributed by atoms with E-state index in [0.717, 1.165) is 24.2 Å². The van der Waals surface area contributed by atoms with Crippen molar-refractivity contribution in [3.05, 3.63) is 23.8 Å². The van der Waals surface area contributed by atoms with Crippen molar-refractivity contribution in [1.29, 1.82) is 0 Å². The summed E-state index contributed by atoms with van der Waals surface area (Å²) >= 11 is 0. The van der Waals surface area contributed by atoms with Crippen molar-refractivity contribution in [3.8, 4) is 0 Å². The number of rotatable bonds is 3. The summed E-state index contributed by atoms with van der Waals surface area (Å²) in [5.74, 6) is 0.646. The summed E-state index contributed by atoms with van der Waals surface area (Å²) in [5.41, 5.74) is 2.48. The van der Waals surface area contributed by atoms with Gasteiger partial charge >= 0.3 is 0 Å². The zero-order chi connectivity index (χ0) is 11.5. The first-order valence-corrected chi connectivity index (χ1v) is 5.66. The van der Waals surface area contributed by atoms with E-state index in [4.69, 9.17) is 0 Å². The molecule has 0 fully saturated rings. The van der Waals surface area contributed by atoms with Crippen molar-refractivity contribution in [3.63, 3.8) is 0 Å². The van der Waals surface area contributed by atoms with Crippen LogP contribution in [0.5, 0.6) is 0 Å². The van der Waals surface area contributed by atoms with Crippen LogP contribution in [0.15, 0.2) is 12.4 Å². The van der Waals surface area contributed by atoms with Gasteiger partial charge in [-0.05, 0) is 24.2 Å². The first-order chi connectivity index (χ1) is 6.87. The number of hydrogen-bond donors (Lipinski definition) is 0. The highest BCUT2D eigenvalue weighted by Crippen LogP contribution is 2.18. The molecule has 0 bridgehead atoms.